The van der Waals surface area contributed by atoms with Crippen LogP contribution in [0.25, 0.3) is 0 Å². The van der Waals surface area contributed by atoms with E-state index in [4.69, 9.17) is 14.6 Å². The summed E-state index contributed by atoms with van der Waals surface area (Å²) in [5.41, 5.74) is 0. The third-order valence-corrected chi connectivity index (χ3v) is 3.60. The van der Waals surface area contributed by atoms with Crippen LogP contribution in [0.4, 0.5) is 0 Å². The highest BCUT2D eigenvalue weighted by molar-refractivity contribution is 5.87. The summed E-state index contributed by atoms with van der Waals surface area (Å²) >= 11 is 0. The third-order valence-electron chi connectivity index (χ3n) is 3.60. The molecule has 0 unspecified atom stereocenters. The zero-order valence-corrected chi connectivity index (χ0v) is 10.8. The number of benzene rings is 1. The molecule has 0 bridgehead atoms. The van der Waals surface area contributed by atoms with Crippen LogP contribution in [-0.4, -0.2) is 47.2 Å². The summed E-state index contributed by atoms with van der Waals surface area (Å²) in [7, 11) is 0. The molecule has 1 amide bonds. The molecule has 1 aromatic rings. The van der Waals surface area contributed by atoms with Gasteiger partial charge < -0.3 is 19.5 Å². The minimum Gasteiger partial charge on any atom is -0.485 e. The van der Waals surface area contributed by atoms with Crippen molar-refractivity contribution in [3.63, 3.8) is 0 Å². The molecule has 0 spiro atoms. The highest BCUT2D eigenvalue weighted by Gasteiger charge is 2.39. The molecule has 20 heavy (non-hydrogen) atoms. The fourth-order valence-corrected chi connectivity index (χ4v) is 2.61. The average Bonchev–Trinajstić information content (AvgIpc) is 2.95. The smallest absolute Gasteiger partial charge is 0.326 e. The number of amides is 1. The summed E-state index contributed by atoms with van der Waals surface area (Å²) in [6.07, 6.45) is 0.419. The maximum Gasteiger partial charge on any atom is 0.326 e. The van der Waals surface area contributed by atoms with Crippen molar-refractivity contribution in [3.8, 4) is 11.5 Å². The number of rotatable bonds is 2. The van der Waals surface area contributed by atoms with Gasteiger partial charge in [-0.3, -0.25) is 4.79 Å². The molecular weight excluding hydrogens is 262 g/mol. The number of hydrogen-bond donors (Lipinski definition) is 1. The molecule has 2 aliphatic rings. The maximum atomic E-state index is 12.4. The van der Waals surface area contributed by atoms with Crippen molar-refractivity contribution in [1.29, 1.82) is 0 Å². The molecule has 1 fully saturated rings. The predicted octanol–water partition coefficient (Wildman–Crippen LogP) is 0.902. The van der Waals surface area contributed by atoms with E-state index in [1.807, 2.05) is 6.07 Å². The van der Waals surface area contributed by atoms with Gasteiger partial charge in [-0.2, -0.15) is 0 Å². The Labute approximate surface area is 115 Å². The van der Waals surface area contributed by atoms with Crippen molar-refractivity contribution in [2.75, 3.05) is 13.2 Å². The molecule has 6 heteroatoms. The first-order valence-electron chi connectivity index (χ1n) is 6.58. The van der Waals surface area contributed by atoms with E-state index < -0.39 is 18.1 Å². The van der Waals surface area contributed by atoms with E-state index in [0.717, 1.165) is 0 Å². The van der Waals surface area contributed by atoms with Gasteiger partial charge in [0.25, 0.3) is 5.91 Å². The zero-order chi connectivity index (χ0) is 14.1. The minimum absolute atomic E-state index is 0.110. The first-order valence-corrected chi connectivity index (χ1v) is 6.58. The minimum atomic E-state index is -0.965. The summed E-state index contributed by atoms with van der Waals surface area (Å²) in [6.45, 7) is 0.565. The number of nitrogens with zero attached hydrogens (tertiary/aromatic N) is 1. The van der Waals surface area contributed by atoms with Crippen LogP contribution >= 0.6 is 0 Å². The summed E-state index contributed by atoms with van der Waals surface area (Å²) in [5, 5.41) is 9.12. The van der Waals surface area contributed by atoms with E-state index in [2.05, 4.69) is 0 Å². The van der Waals surface area contributed by atoms with E-state index in [1.54, 1.807) is 18.2 Å². The van der Waals surface area contributed by atoms with Gasteiger partial charge in [0.2, 0.25) is 6.10 Å². The molecule has 1 aromatic carbocycles. The van der Waals surface area contributed by atoms with E-state index in [1.165, 1.54) is 4.90 Å². The number of likely N-dealkylation sites (tertiary alicyclic amines) is 1. The molecular formula is C14H15NO5. The summed E-state index contributed by atoms with van der Waals surface area (Å²) in [6, 6.07) is 6.37. The van der Waals surface area contributed by atoms with Crippen molar-refractivity contribution in [2.45, 2.75) is 25.0 Å². The molecule has 0 aromatic heterocycles. The molecule has 0 saturated carbocycles. The molecule has 6 nitrogen and oxygen atoms in total. The highest BCUT2D eigenvalue weighted by atomic mass is 16.6. The summed E-state index contributed by atoms with van der Waals surface area (Å²) < 4.78 is 11.1. The van der Waals surface area contributed by atoms with Crippen LogP contribution in [-0.2, 0) is 9.59 Å². The van der Waals surface area contributed by atoms with Crippen LogP contribution in [0, 0.1) is 0 Å². The predicted molar refractivity (Wildman–Crippen MR) is 68.7 cm³/mol. The second kappa shape index (κ2) is 5.03. The Morgan fingerprint density at radius 2 is 2.00 bits per heavy atom. The fraction of sp³-hybridized carbons (Fsp3) is 0.429. The van der Waals surface area contributed by atoms with Crippen LogP contribution in [0.1, 0.15) is 12.8 Å². The molecule has 2 atom stereocenters. The van der Waals surface area contributed by atoms with Crippen LogP contribution in [0.3, 0.4) is 0 Å². The quantitative estimate of drug-likeness (QED) is 0.869. The van der Waals surface area contributed by atoms with Crippen molar-refractivity contribution in [2.24, 2.45) is 0 Å². The number of carboxylic acid groups (broad SMARTS) is 1. The largest absolute Gasteiger partial charge is 0.485 e. The first-order chi connectivity index (χ1) is 9.66. The molecule has 1 saturated heterocycles. The Morgan fingerprint density at radius 1 is 1.25 bits per heavy atom. The second-order valence-corrected chi connectivity index (χ2v) is 4.89. The van der Waals surface area contributed by atoms with Crippen molar-refractivity contribution in [3.05, 3.63) is 24.3 Å². The number of fused-ring (bicyclic) bond motifs is 1. The number of carboxylic acids is 1. The standard InChI is InChI=1S/C14H15NO5/c16-13(15-7-3-4-9(15)14(17)18)12-8-19-10-5-1-2-6-11(10)20-12/h1-2,5-6,9,12H,3-4,7-8H2,(H,17,18)/t9-,12-/m0/s1. The van der Waals surface area contributed by atoms with Crippen molar-refractivity contribution in [1.82, 2.24) is 4.90 Å². The van der Waals surface area contributed by atoms with Gasteiger partial charge in [-0.25, -0.2) is 4.79 Å². The molecule has 1 N–H and O–H groups in total. The summed E-state index contributed by atoms with van der Waals surface area (Å²) in [4.78, 5) is 24.9. The van der Waals surface area contributed by atoms with E-state index in [-0.39, 0.29) is 12.5 Å². The lowest BCUT2D eigenvalue weighted by Gasteiger charge is -2.30. The van der Waals surface area contributed by atoms with Gasteiger partial charge in [-0.05, 0) is 25.0 Å². The second-order valence-electron chi connectivity index (χ2n) is 4.89. The van der Waals surface area contributed by atoms with Crippen LogP contribution < -0.4 is 9.47 Å². The highest BCUT2D eigenvalue weighted by Crippen LogP contribution is 2.32. The molecule has 3 rings (SSSR count). The number of hydrogen-bond acceptors (Lipinski definition) is 4. The first kappa shape index (κ1) is 12.8. The van der Waals surface area contributed by atoms with Gasteiger partial charge in [0, 0.05) is 6.54 Å². The normalized spacial score (nSPS) is 24.5. The van der Waals surface area contributed by atoms with E-state index in [9.17, 15) is 9.59 Å². The maximum absolute atomic E-state index is 12.4. The Kier molecular flexibility index (Phi) is 3.22. The van der Waals surface area contributed by atoms with Gasteiger partial charge in [0.15, 0.2) is 11.5 Å². The van der Waals surface area contributed by atoms with Gasteiger partial charge in [0.05, 0.1) is 0 Å². The Bertz CT molecular complexity index is 544. The van der Waals surface area contributed by atoms with Crippen molar-refractivity contribution >= 4 is 11.9 Å². The van der Waals surface area contributed by atoms with Gasteiger partial charge in [-0.15, -0.1) is 0 Å². The Morgan fingerprint density at radius 3 is 2.75 bits per heavy atom. The molecule has 2 heterocycles. The fourth-order valence-electron chi connectivity index (χ4n) is 2.61. The Hall–Kier alpha value is -2.24. The zero-order valence-electron chi connectivity index (χ0n) is 10.8. The van der Waals surface area contributed by atoms with Crippen LogP contribution in [0.15, 0.2) is 24.3 Å². The monoisotopic (exact) mass is 277 g/mol. The number of para-hydroxylation sites is 2. The SMILES string of the molecule is O=C(O)[C@@H]1CCCN1C(=O)[C@@H]1COc2ccccc2O1. The molecule has 0 aliphatic carbocycles. The number of aliphatic carboxylic acids is 1. The lowest BCUT2D eigenvalue weighted by molar-refractivity contribution is -0.152. The molecule has 2 aliphatic heterocycles. The van der Waals surface area contributed by atoms with Gasteiger partial charge in [-0.1, -0.05) is 12.1 Å². The van der Waals surface area contributed by atoms with Gasteiger partial charge >= 0.3 is 5.97 Å². The molecule has 106 valence electrons. The lowest BCUT2D eigenvalue weighted by Crippen LogP contribution is -2.50. The van der Waals surface area contributed by atoms with E-state index >= 15 is 0 Å². The lowest BCUT2D eigenvalue weighted by atomic mass is 10.2. The number of carbonyl (C=O) groups is 2. The third kappa shape index (κ3) is 2.17. The number of carbonyl (C=O) groups excluding carboxylic acids is 1. The van der Waals surface area contributed by atoms with E-state index in [0.29, 0.717) is 30.9 Å². The van der Waals surface area contributed by atoms with Crippen LogP contribution in [0.5, 0.6) is 11.5 Å². The Balaban J connectivity index is 1.74. The average molecular weight is 277 g/mol. The molecule has 0 radical (unpaired) electrons. The van der Waals surface area contributed by atoms with Crippen molar-refractivity contribution < 1.29 is 24.2 Å². The number of ether oxygens (including phenoxy) is 2. The topological polar surface area (TPSA) is 76.1 Å². The summed E-state index contributed by atoms with van der Waals surface area (Å²) in [5.74, 6) is -0.159. The van der Waals surface area contributed by atoms with Crippen LogP contribution in [0.2, 0.25) is 0 Å². The van der Waals surface area contributed by atoms with Gasteiger partial charge in [0.1, 0.15) is 12.6 Å².